The molecule has 108 valence electrons. The van der Waals surface area contributed by atoms with Crippen LogP contribution in [0.3, 0.4) is 0 Å². The largest absolute Gasteiger partial charge is 0.252 e. The standard InChI is InChI=1S/C14H6Cl2N4S2/c15-7-3-1-5-17-9(7)11-19-13-14(21-11)20-12(22-13)10-8(16)4-2-6-18-10/h1-6H. The van der Waals surface area contributed by atoms with Crippen LogP contribution in [0.25, 0.3) is 31.1 Å². The number of pyridine rings is 2. The third kappa shape index (κ3) is 2.38. The molecule has 0 radical (unpaired) electrons. The third-order valence-corrected chi connectivity index (χ3v) is 5.55. The molecule has 0 atom stereocenters. The van der Waals surface area contributed by atoms with Gasteiger partial charge in [-0.1, -0.05) is 45.9 Å². The van der Waals surface area contributed by atoms with Crippen LogP contribution >= 0.6 is 45.9 Å². The maximum Gasteiger partial charge on any atom is 0.156 e. The lowest BCUT2D eigenvalue weighted by Crippen LogP contribution is -1.83. The van der Waals surface area contributed by atoms with Crippen LogP contribution in [0.4, 0.5) is 0 Å². The average molecular weight is 365 g/mol. The van der Waals surface area contributed by atoms with E-state index in [1.165, 1.54) is 22.7 Å². The summed E-state index contributed by atoms with van der Waals surface area (Å²) in [5.74, 6) is 0. The molecule has 4 aromatic heterocycles. The van der Waals surface area contributed by atoms with E-state index in [0.717, 1.165) is 19.7 Å². The summed E-state index contributed by atoms with van der Waals surface area (Å²) >= 11 is 15.2. The first-order valence-electron chi connectivity index (χ1n) is 6.21. The molecule has 0 aliphatic carbocycles. The number of fused-ring (bicyclic) bond motifs is 1. The smallest absolute Gasteiger partial charge is 0.156 e. The zero-order valence-corrected chi connectivity index (χ0v) is 14.0. The Balaban J connectivity index is 1.81. The Bertz CT molecular complexity index is 873. The van der Waals surface area contributed by atoms with Crippen LogP contribution in [0.5, 0.6) is 0 Å². The zero-order valence-electron chi connectivity index (χ0n) is 10.8. The maximum absolute atomic E-state index is 6.16. The normalized spacial score (nSPS) is 11.2. The summed E-state index contributed by atoms with van der Waals surface area (Å²) < 4.78 is 0. The van der Waals surface area contributed by atoms with Gasteiger partial charge < -0.3 is 0 Å². The zero-order chi connectivity index (χ0) is 15.1. The van der Waals surface area contributed by atoms with Crippen molar-refractivity contribution in [3.05, 3.63) is 46.7 Å². The summed E-state index contributed by atoms with van der Waals surface area (Å²) in [6.45, 7) is 0. The molecule has 4 rings (SSSR count). The van der Waals surface area contributed by atoms with E-state index in [1.807, 2.05) is 0 Å². The molecule has 4 aromatic rings. The van der Waals surface area contributed by atoms with E-state index in [4.69, 9.17) is 23.2 Å². The minimum absolute atomic E-state index is 0.580. The lowest BCUT2D eigenvalue weighted by Gasteiger charge is -1.98. The molecule has 8 heteroatoms. The maximum atomic E-state index is 6.16. The second-order valence-corrected chi connectivity index (χ2v) is 7.09. The van der Waals surface area contributed by atoms with Gasteiger partial charge in [0.05, 0.1) is 10.0 Å². The van der Waals surface area contributed by atoms with E-state index in [2.05, 4.69) is 19.9 Å². The molecule has 0 aliphatic rings. The quantitative estimate of drug-likeness (QED) is 0.491. The van der Waals surface area contributed by atoms with Crippen LogP contribution in [0.1, 0.15) is 0 Å². The molecule has 4 heterocycles. The van der Waals surface area contributed by atoms with Crippen molar-refractivity contribution < 1.29 is 0 Å². The van der Waals surface area contributed by atoms with Gasteiger partial charge in [0, 0.05) is 12.4 Å². The summed E-state index contributed by atoms with van der Waals surface area (Å²) in [4.78, 5) is 19.4. The van der Waals surface area contributed by atoms with Gasteiger partial charge in [-0.25, -0.2) is 9.97 Å². The Hall–Kier alpha value is -1.60. The van der Waals surface area contributed by atoms with Crippen LogP contribution in [0.2, 0.25) is 10.0 Å². The van der Waals surface area contributed by atoms with Gasteiger partial charge in [-0.15, -0.1) is 0 Å². The van der Waals surface area contributed by atoms with Gasteiger partial charge in [0.15, 0.2) is 9.66 Å². The van der Waals surface area contributed by atoms with Crippen molar-refractivity contribution in [3.63, 3.8) is 0 Å². The summed E-state index contributed by atoms with van der Waals surface area (Å²) in [5.41, 5.74) is 1.36. The molecular weight excluding hydrogens is 359 g/mol. The van der Waals surface area contributed by atoms with Crippen LogP contribution < -0.4 is 0 Å². The predicted molar refractivity (Wildman–Crippen MR) is 91.8 cm³/mol. The van der Waals surface area contributed by atoms with Crippen molar-refractivity contribution in [1.29, 1.82) is 0 Å². The molecule has 0 unspecified atom stereocenters. The first-order chi connectivity index (χ1) is 10.7. The highest BCUT2D eigenvalue weighted by molar-refractivity contribution is 7.29. The fourth-order valence-electron chi connectivity index (χ4n) is 1.93. The molecule has 22 heavy (non-hydrogen) atoms. The highest BCUT2D eigenvalue weighted by Crippen LogP contribution is 2.38. The SMILES string of the molecule is Clc1cccnc1-c1nc2sc(-c3ncccc3Cl)nc2s1. The summed E-state index contributed by atoms with van der Waals surface area (Å²) in [6, 6.07) is 7.18. The Morgan fingerprint density at radius 1 is 0.727 bits per heavy atom. The van der Waals surface area contributed by atoms with E-state index in [9.17, 15) is 0 Å². The van der Waals surface area contributed by atoms with Gasteiger partial charge in [-0.2, -0.15) is 0 Å². The van der Waals surface area contributed by atoms with Crippen LogP contribution in [0.15, 0.2) is 36.7 Å². The number of nitrogens with zero attached hydrogens (tertiary/aromatic N) is 4. The Morgan fingerprint density at radius 2 is 1.18 bits per heavy atom. The summed E-state index contributed by atoms with van der Waals surface area (Å²) in [7, 11) is 0. The molecule has 0 fully saturated rings. The van der Waals surface area contributed by atoms with E-state index in [-0.39, 0.29) is 0 Å². The molecule has 0 amide bonds. The summed E-state index contributed by atoms with van der Waals surface area (Å²) in [5, 5.41) is 2.69. The van der Waals surface area contributed by atoms with Gasteiger partial charge in [0.2, 0.25) is 0 Å². The van der Waals surface area contributed by atoms with Crippen LogP contribution in [0, 0.1) is 0 Å². The van der Waals surface area contributed by atoms with E-state index < -0.39 is 0 Å². The fraction of sp³-hybridized carbons (Fsp3) is 0. The monoisotopic (exact) mass is 364 g/mol. The first kappa shape index (κ1) is 14.0. The minimum atomic E-state index is 0.580. The second kappa shape index (κ2) is 5.55. The topological polar surface area (TPSA) is 51.6 Å². The molecule has 0 bridgehead atoms. The number of aromatic nitrogens is 4. The lowest BCUT2D eigenvalue weighted by molar-refractivity contribution is 1.31. The van der Waals surface area contributed by atoms with Crippen molar-refractivity contribution >= 4 is 55.5 Å². The van der Waals surface area contributed by atoms with Crippen molar-refractivity contribution in [2.45, 2.75) is 0 Å². The van der Waals surface area contributed by atoms with Crippen molar-refractivity contribution in [1.82, 2.24) is 19.9 Å². The van der Waals surface area contributed by atoms with Gasteiger partial charge in [0.25, 0.3) is 0 Å². The molecule has 4 nitrogen and oxygen atoms in total. The van der Waals surface area contributed by atoms with Gasteiger partial charge in [-0.3, -0.25) is 9.97 Å². The molecular formula is C14H6Cl2N4S2. The van der Waals surface area contributed by atoms with Crippen molar-refractivity contribution in [2.75, 3.05) is 0 Å². The van der Waals surface area contributed by atoms with Crippen LogP contribution in [-0.2, 0) is 0 Å². The second-order valence-electron chi connectivity index (χ2n) is 4.32. The van der Waals surface area contributed by atoms with Crippen LogP contribution in [-0.4, -0.2) is 19.9 Å². The third-order valence-electron chi connectivity index (χ3n) is 2.90. The predicted octanol–water partition coefficient (Wildman–Crippen LogP) is 5.18. The van der Waals surface area contributed by atoms with E-state index in [0.29, 0.717) is 21.4 Å². The number of hydrogen-bond donors (Lipinski definition) is 0. The number of hydrogen-bond acceptors (Lipinski definition) is 6. The van der Waals surface area contributed by atoms with Crippen molar-refractivity contribution in [3.8, 4) is 21.4 Å². The fourth-order valence-corrected chi connectivity index (χ4v) is 4.53. The molecule has 0 saturated heterocycles. The van der Waals surface area contributed by atoms with Gasteiger partial charge in [0.1, 0.15) is 21.4 Å². The van der Waals surface area contributed by atoms with Gasteiger partial charge in [-0.05, 0) is 24.3 Å². The van der Waals surface area contributed by atoms with Crippen molar-refractivity contribution in [2.24, 2.45) is 0 Å². The Labute approximate surface area is 143 Å². The highest BCUT2D eigenvalue weighted by Gasteiger charge is 2.17. The summed E-state index contributed by atoms with van der Waals surface area (Å²) in [6.07, 6.45) is 3.40. The highest BCUT2D eigenvalue weighted by atomic mass is 35.5. The first-order valence-corrected chi connectivity index (χ1v) is 8.60. The number of halogens is 2. The van der Waals surface area contributed by atoms with E-state index in [1.54, 1.807) is 36.7 Å². The Kier molecular flexibility index (Phi) is 3.54. The molecule has 0 N–H and O–H groups in total. The minimum Gasteiger partial charge on any atom is -0.252 e. The molecule has 0 aromatic carbocycles. The molecule has 0 spiro atoms. The van der Waals surface area contributed by atoms with E-state index >= 15 is 0 Å². The lowest BCUT2D eigenvalue weighted by atomic mass is 10.4. The molecule has 0 saturated carbocycles. The molecule has 0 aliphatic heterocycles. The number of thiazole rings is 2. The Morgan fingerprint density at radius 3 is 1.59 bits per heavy atom. The number of rotatable bonds is 2. The average Bonchev–Trinajstić information content (AvgIpc) is 3.06. The van der Waals surface area contributed by atoms with Gasteiger partial charge >= 0.3 is 0 Å².